The van der Waals surface area contributed by atoms with Crippen LogP contribution in [0.15, 0.2) is 53.4 Å². The summed E-state index contributed by atoms with van der Waals surface area (Å²) in [6.45, 7) is 4.63. The number of hydrogen-bond donors (Lipinski definition) is 0. The Morgan fingerprint density at radius 3 is 2.67 bits per heavy atom. The van der Waals surface area contributed by atoms with Gasteiger partial charge in [-0.3, -0.25) is 9.10 Å². The van der Waals surface area contributed by atoms with Crippen molar-refractivity contribution in [3.8, 4) is 0 Å². The topological polar surface area (TPSA) is 57.7 Å². The highest BCUT2D eigenvalue weighted by Gasteiger charge is 2.36. The van der Waals surface area contributed by atoms with Gasteiger partial charge in [-0.25, -0.2) is 8.42 Å². The maximum atomic E-state index is 13.3. The molecule has 1 aliphatic rings. The lowest BCUT2D eigenvalue weighted by molar-refractivity contribution is 0.0793. The van der Waals surface area contributed by atoms with Crippen LogP contribution < -0.4 is 4.31 Å². The van der Waals surface area contributed by atoms with Crippen molar-refractivity contribution in [2.45, 2.75) is 44.0 Å². The van der Waals surface area contributed by atoms with E-state index in [2.05, 4.69) is 6.92 Å². The molecular formula is C21H26N2O3S. The zero-order valence-corrected chi connectivity index (χ0v) is 16.9. The van der Waals surface area contributed by atoms with Gasteiger partial charge in [0.05, 0.1) is 10.6 Å². The third kappa shape index (κ3) is 3.72. The molecule has 0 aromatic heterocycles. The Bertz CT molecular complexity index is 940. The van der Waals surface area contributed by atoms with Crippen LogP contribution in [0, 0.1) is 0 Å². The SMILES string of the molecule is CCCCN(C)C(=O)c1cccc(S(=O)(=O)N2c3ccccc3CC2C)c1. The Labute approximate surface area is 161 Å². The molecule has 0 N–H and O–H groups in total. The Hall–Kier alpha value is -2.34. The first-order chi connectivity index (χ1) is 12.9. The zero-order valence-electron chi connectivity index (χ0n) is 16.1. The second-order valence-corrected chi connectivity index (χ2v) is 8.91. The number of anilines is 1. The number of amides is 1. The van der Waals surface area contributed by atoms with E-state index >= 15 is 0 Å². The fraction of sp³-hybridized carbons (Fsp3) is 0.381. The summed E-state index contributed by atoms with van der Waals surface area (Å²) in [6.07, 6.45) is 2.61. The highest BCUT2D eigenvalue weighted by atomic mass is 32.2. The van der Waals surface area contributed by atoms with Gasteiger partial charge in [0.25, 0.3) is 15.9 Å². The van der Waals surface area contributed by atoms with Gasteiger partial charge in [0, 0.05) is 25.2 Å². The number of nitrogens with zero attached hydrogens (tertiary/aromatic N) is 2. The van der Waals surface area contributed by atoms with E-state index in [1.807, 2.05) is 31.2 Å². The van der Waals surface area contributed by atoms with Gasteiger partial charge >= 0.3 is 0 Å². The van der Waals surface area contributed by atoms with E-state index < -0.39 is 10.0 Å². The van der Waals surface area contributed by atoms with E-state index in [1.165, 1.54) is 10.4 Å². The molecule has 0 saturated heterocycles. The van der Waals surface area contributed by atoms with Crippen molar-refractivity contribution in [2.24, 2.45) is 0 Å². The molecule has 144 valence electrons. The lowest BCUT2D eigenvalue weighted by Gasteiger charge is -2.25. The van der Waals surface area contributed by atoms with Crippen molar-refractivity contribution in [3.63, 3.8) is 0 Å². The molecule has 1 unspecified atom stereocenters. The number of unbranched alkanes of at least 4 members (excludes halogenated alkanes) is 1. The zero-order chi connectivity index (χ0) is 19.6. The maximum absolute atomic E-state index is 13.3. The van der Waals surface area contributed by atoms with Crippen LogP contribution in [-0.4, -0.2) is 38.9 Å². The summed E-state index contributed by atoms with van der Waals surface area (Å²) >= 11 is 0. The standard InChI is InChI=1S/C21H26N2O3S/c1-4-5-13-22(3)21(24)18-10-8-11-19(15-18)27(25,26)23-16(2)14-17-9-6-7-12-20(17)23/h6-12,15-16H,4-5,13-14H2,1-3H3. The van der Waals surface area contributed by atoms with Gasteiger partial charge in [0.15, 0.2) is 0 Å². The van der Waals surface area contributed by atoms with Crippen LogP contribution in [0.5, 0.6) is 0 Å². The number of sulfonamides is 1. The summed E-state index contributed by atoms with van der Waals surface area (Å²) in [5.74, 6) is -0.157. The highest BCUT2D eigenvalue weighted by Crippen LogP contribution is 2.36. The van der Waals surface area contributed by atoms with E-state index in [0.29, 0.717) is 18.5 Å². The van der Waals surface area contributed by atoms with Crippen molar-refractivity contribution in [1.29, 1.82) is 0 Å². The maximum Gasteiger partial charge on any atom is 0.264 e. The molecule has 0 fully saturated rings. The van der Waals surface area contributed by atoms with Crippen molar-refractivity contribution >= 4 is 21.6 Å². The Morgan fingerprint density at radius 2 is 1.93 bits per heavy atom. The number of hydrogen-bond acceptors (Lipinski definition) is 3. The number of carbonyl (C=O) groups is 1. The summed E-state index contributed by atoms with van der Waals surface area (Å²) in [5.41, 5.74) is 2.15. The Balaban J connectivity index is 1.94. The largest absolute Gasteiger partial charge is 0.342 e. The van der Waals surface area contributed by atoms with Crippen LogP contribution in [0.1, 0.15) is 42.6 Å². The summed E-state index contributed by atoms with van der Waals surface area (Å²) in [5, 5.41) is 0. The molecule has 6 heteroatoms. The first-order valence-electron chi connectivity index (χ1n) is 9.34. The number of fused-ring (bicyclic) bond motifs is 1. The molecule has 2 aromatic carbocycles. The molecular weight excluding hydrogens is 360 g/mol. The van der Waals surface area contributed by atoms with E-state index in [9.17, 15) is 13.2 Å². The summed E-state index contributed by atoms with van der Waals surface area (Å²) in [4.78, 5) is 14.4. The summed E-state index contributed by atoms with van der Waals surface area (Å²) in [7, 11) is -1.99. The van der Waals surface area contributed by atoms with E-state index in [0.717, 1.165) is 24.1 Å². The fourth-order valence-electron chi connectivity index (χ4n) is 3.52. The fourth-order valence-corrected chi connectivity index (χ4v) is 5.26. The number of benzene rings is 2. The molecule has 1 amide bonds. The minimum atomic E-state index is -3.74. The molecule has 0 bridgehead atoms. The quantitative estimate of drug-likeness (QED) is 0.761. The first-order valence-corrected chi connectivity index (χ1v) is 10.8. The predicted molar refractivity (Wildman–Crippen MR) is 108 cm³/mol. The number of carbonyl (C=O) groups excluding carboxylic acids is 1. The Kier molecular flexibility index (Phi) is 5.56. The third-order valence-corrected chi connectivity index (χ3v) is 6.90. The molecule has 5 nitrogen and oxygen atoms in total. The lowest BCUT2D eigenvalue weighted by atomic mass is 10.1. The molecule has 27 heavy (non-hydrogen) atoms. The monoisotopic (exact) mass is 386 g/mol. The summed E-state index contributed by atoms with van der Waals surface area (Å²) < 4.78 is 28.1. The van der Waals surface area contributed by atoms with Crippen LogP contribution >= 0.6 is 0 Å². The summed E-state index contributed by atoms with van der Waals surface area (Å²) in [6, 6.07) is 13.8. The molecule has 0 saturated carbocycles. The van der Waals surface area contributed by atoms with Crippen LogP contribution in [0.25, 0.3) is 0 Å². The number of para-hydroxylation sites is 1. The average molecular weight is 387 g/mol. The average Bonchev–Trinajstić information content (AvgIpc) is 3.01. The van der Waals surface area contributed by atoms with Gasteiger partial charge in [0.1, 0.15) is 0 Å². The van der Waals surface area contributed by atoms with Gasteiger partial charge in [-0.05, 0) is 49.6 Å². The van der Waals surface area contributed by atoms with Gasteiger partial charge in [0.2, 0.25) is 0 Å². The minimum absolute atomic E-state index is 0.154. The van der Waals surface area contributed by atoms with Gasteiger partial charge in [-0.1, -0.05) is 37.6 Å². The number of rotatable bonds is 6. The molecule has 3 rings (SSSR count). The lowest BCUT2D eigenvalue weighted by Crippen LogP contribution is -2.36. The van der Waals surface area contributed by atoms with Crippen LogP contribution in [0.2, 0.25) is 0 Å². The van der Waals surface area contributed by atoms with Crippen LogP contribution in [0.3, 0.4) is 0 Å². The van der Waals surface area contributed by atoms with Crippen molar-refractivity contribution < 1.29 is 13.2 Å². The van der Waals surface area contributed by atoms with Crippen molar-refractivity contribution in [2.75, 3.05) is 17.9 Å². The van der Waals surface area contributed by atoms with Crippen LogP contribution in [-0.2, 0) is 16.4 Å². The molecule has 2 aromatic rings. The molecule has 1 heterocycles. The van der Waals surface area contributed by atoms with Gasteiger partial charge in [-0.15, -0.1) is 0 Å². The Morgan fingerprint density at radius 1 is 1.19 bits per heavy atom. The van der Waals surface area contributed by atoms with E-state index in [4.69, 9.17) is 0 Å². The third-order valence-electron chi connectivity index (χ3n) is 4.98. The smallest absolute Gasteiger partial charge is 0.264 e. The van der Waals surface area contributed by atoms with Crippen LogP contribution in [0.4, 0.5) is 5.69 Å². The molecule has 1 aliphatic heterocycles. The van der Waals surface area contributed by atoms with Crippen molar-refractivity contribution in [3.05, 3.63) is 59.7 Å². The minimum Gasteiger partial charge on any atom is -0.342 e. The predicted octanol–water partition coefficient (Wildman–Crippen LogP) is 3.70. The van der Waals surface area contributed by atoms with Gasteiger partial charge in [-0.2, -0.15) is 0 Å². The molecule has 0 spiro atoms. The van der Waals surface area contributed by atoms with Gasteiger partial charge < -0.3 is 4.90 Å². The first kappa shape index (κ1) is 19.4. The van der Waals surface area contributed by atoms with Crippen molar-refractivity contribution in [1.82, 2.24) is 4.90 Å². The molecule has 0 radical (unpaired) electrons. The normalized spacial score (nSPS) is 16.3. The molecule has 1 atom stereocenters. The second kappa shape index (κ2) is 7.72. The molecule has 0 aliphatic carbocycles. The van der Waals surface area contributed by atoms with E-state index in [1.54, 1.807) is 30.1 Å². The second-order valence-electron chi connectivity index (χ2n) is 7.09. The highest BCUT2D eigenvalue weighted by molar-refractivity contribution is 7.92. The van der Waals surface area contributed by atoms with E-state index in [-0.39, 0.29) is 16.8 Å².